The number of allylic oxidation sites excluding steroid dienone is 1. The molecule has 18 heavy (non-hydrogen) atoms. The fourth-order valence-electron chi connectivity index (χ4n) is 2.15. The van der Waals surface area contributed by atoms with Crippen molar-refractivity contribution < 1.29 is 9.50 Å². The first-order chi connectivity index (χ1) is 8.52. The Labute approximate surface area is 103 Å². The van der Waals surface area contributed by atoms with Crippen molar-refractivity contribution in [1.29, 1.82) is 0 Å². The highest BCUT2D eigenvalue weighted by molar-refractivity contribution is 5.10. The fourth-order valence-corrected chi connectivity index (χ4v) is 2.15. The van der Waals surface area contributed by atoms with Crippen molar-refractivity contribution >= 4 is 0 Å². The van der Waals surface area contributed by atoms with Crippen LogP contribution in [0.15, 0.2) is 27.9 Å². The van der Waals surface area contributed by atoms with E-state index in [2.05, 4.69) is 4.98 Å². The molecule has 1 aromatic heterocycles. The number of halogens is 1. The average molecular weight is 254 g/mol. The number of aliphatic hydroxyl groups is 1. The molecule has 2 rings (SSSR count). The van der Waals surface area contributed by atoms with Crippen LogP contribution in [0.4, 0.5) is 4.39 Å². The smallest absolute Gasteiger partial charge is 0.328 e. The van der Waals surface area contributed by atoms with Gasteiger partial charge in [-0.2, -0.15) is 0 Å². The first-order valence-electron chi connectivity index (χ1n) is 5.77. The Kier molecular flexibility index (Phi) is 3.47. The highest BCUT2D eigenvalue weighted by atomic mass is 19.1. The topological polar surface area (TPSA) is 75.1 Å². The summed E-state index contributed by atoms with van der Waals surface area (Å²) in [6, 6.07) is -0.251. The monoisotopic (exact) mass is 254 g/mol. The number of aromatic amines is 1. The van der Waals surface area contributed by atoms with Crippen molar-refractivity contribution in [2.24, 2.45) is 5.92 Å². The molecular formula is C12H15FN2O3. The second-order valence-electron chi connectivity index (χ2n) is 4.55. The maximum absolute atomic E-state index is 12.4. The van der Waals surface area contributed by atoms with Gasteiger partial charge in [-0.3, -0.25) is 14.3 Å². The molecule has 1 aliphatic rings. The van der Waals surface area contributed by atoms with Gasteiger partial charge in [-0.25, -0.2) is 9.18 Å². The summed E-state index contributed by atoms with van der Waals surface area (Å²) >= 11 is 0. The molecule has 0 saturated carbocycles. The number of H-pyrrole nitrogens is 1. The van der Waals surface area contributed by atoms with E-state index in [-0.39, 0.29) is 12.0 Å². The lowest BCUT2D eigenvalue weighted by atomic mass is 10.0. The lowest BCUT2D eigenvalue weighted by Crippen LogP contribution is -2.33. The summed E-state index contributed by atoms with van der Waals surface area (Å²) in [5, 5.41) is 9.42. The molecule has 0 radical (unpaired) electrons. The van der Waals surface area contributed by atoms with Gasteiger partial charge in [0, 0.05) is 17.7 Å². The zero-order valence-corrected chi connectivity index (χ0v) is 9.97. The number of hydrogen-bond donors (Lipinski definition) is 2. The largest absolute Gasteiger partial charge is 0.390 e. The normalized spacial score (nSPS) is 24.4. The zero-order chi connectivity index (χ0) is 13.3. The molecule has 6 heteroatoms. The van der Waals surface area contributed by atoms with Crippen molar-refractivity contribution in [1.82, 2.24) is 9.55 Å². The minimum atomic E-state index is -1.04. The molecule has 0 aromatic carbocycles. The number of hydrogen-bond acceptors (Lipinski definition) is 3. The van der Waals surface area contributed by atoms with Crippen molar-refractivity contribution in [3.63, 3.8) is 0 Å². The Morgan fingerprint density at radius 1 is 1.56 bits per heavy atom. The van der Waals surface area contributed by atoms with Crippen LogP contribution >= 0.6 is 0 Å². The number of aromatic nitrogens is 2. The van der Waals surface area contributed by atoms with Gasteiger partial charge in [0.15, 0.2) is 0 Å². The summed E-state index contributed by atoms with van der Waals surface area (Å²) in [7, 11) is 0. The minimum Gasteiger partial charge on any atom is -0.390 e. The van der Waals surface area contributed by atoms with Gasteiger partial charge >= 0.3 is 5.69 Å². The zero-order valence-electron chi connectivity index (χ0n) is 9.97. The van der Waals surface area contributed by atoms with Gasteiger partial charge < -0.3 is 5.11 Å². The minimum absolute atomic E-state index is 0.251. The summed E-state index contributed by atoms with van der Waals surface area (Å²) in [4.78, 5) is 25.1. The van der Waals surface area contributed by atoms with Crippen molar-refractivity contribution in [3.05, 3.63) is 44.8 Å². The SMILES string of the molecule is Cc1cn([C@H]2C=C[C@@H](C(O)CF)C2)c(=O)[nH]c1=O. The van der Waals surface area contributed by atoms with Gasteiger partial charge in [-0.05, 0) is 13.3 Å². The third-order valence-corrected chi connectivity index (χ3v) is 3.25. The Morgan fingerprint density at radius 2 is 2.28 bits per heavy atom. The highest BCUT2D eigenvalue weighted by Crippen LogP contribution is 2.29. The van der Waals surface area contributed by atoms with Crippen LogP contribution in [0, 0.1) is 12.8 Å². The van der Waals surface area contributed by atoms with Gasteiger partial charge in [0.05, 0.1) is 12.1 Å². The Balaban J connectivity index is 2.26. The van der Waals surface area contributed by atoms with E-state index in [0.717, 1.165) is 0 Å². The van der Waals surface area contributed by atoms with Gasteiger partial charge in [-0.15, -0.1) is 0 Å². The molecule has 1 heterocycles. The van der Waals surface area contributed by atoms with Crippen LogP contribution in [0.25, 0.3) is 0 Å². The van der Waals surface area contributed by atoms with E-state index in [1.165, 1.54) is 10.8 Å². The van der Waals surface area contributed by atoms with Crippen molar-refractivity contribution in [2.45, 2.75) is 25.5 Å². The molecule has 0 fully saturated rings. The van der Waals surface area contributed by atoms with E-state index in [1.807, 2.05) is 0 Å². The van der Waals surface area contributed by atoms with Gasteiger partial charge in [-0.1, -0.05) is 12.2 Å². The molecule has 1 aromatic rings. The molecule has 0 aliphatic heterocycles. The predicted octanol–water partition coefficient (Wildman–Crippen LogP) is 0.293. The van der Waals surface area contributed by atoms with Crippen LogP contribution in [-0.2, 0) is 0 Å². The summed E-state index contributed by atoms with van der Waals surface area (Å²) in [6.07, 6.45) is 4.37. The molecule has 2 N–H and O–H groups in total. The first kappa shape index (κ1) is 12.8. The van der Waals surface area contributed by atoms with Crippen LogP contribution in [0.2, 0.25) is 0 Å². The number of nitrogens with one attached hydrogen (secondary N) is 1. The fraction of sp³-hybridized carbons (Fsp3) is 0.500. The lowest BCUT2D eigenvalue weighted by molar-refractivity contribution is 0.0963. The molecule has 0 spiro atoms. The molecule has 1 aliphatic carbocycles. The molecule has 1 unspecified atom stereocenters. The first-order valence-corrected chi connectivity index (χ1v) is 5.77. The third kappa shape index (κ3) is 2.28. The molecule has 0 amide bonds. The maximum Gasteiger partial charge on any atom is 0.328 e. The molecule has 98 valence electrons. The number of alkyl halides is 1. The summed E-state index contributed by atoms with van der Waals surface area (Å²) in [5.41, 5.74) is -0.452. The van der Waals surface area contributed by atoms with E-state index in [4.69, 9.17) is 0 Å². The number of aliphatic hydroxyl groups excluding tert-OH is 1. The van der Waals surface area contributed by atoms with Crippen LogP contribution < -0.4 is 11.2 Å². The standard InChI is InChI=1S/C12H15FN2O3/c1-7-6-15(12(18)14-11(7)17)9-3-2-8(4-9)10(16)5-13/h2-3,6,8-10,16H,4-5H2,1H3,(H,14,17,18)/t8-,9+,10?/m1/s1. The average Bonchev–Trinajstić information content (AvgIpc) is 2.82. The molecule has 5 nitrogen and oxygen atoms in total. The van der Waals surface area contributed by atoms with Gasteiger partial charge in [0.1, 0.15) is 6.67 Å². The summed E-state index contributed by atoms with van der Waals surface area (Å²) in [5.74, 6) is -0.292. The maximum atomic E-state index is 12.4. The van der Waals surface area contributed by atoms with Crippen molar-refractivity contribution in [2.75, 3.05) is 6.67 Å². The molecule has 0 saturated heterocycles. The number of nitrogens with zero attached hydrogens (tertiary/aromatic N) is 1. The van der Waals surface area contributed by atoms with E-state index in [9.17, 15) is 19.1 Å². The van der Waals surface area contributed by atoms with E-state index < -0.39 is 24.0 Å². The lowest BCUT2D eigenvalue weighted by Gasteiger charge is -2.17. The van der Waals surface area contributed by atoms with E-state index >= 15 is 0 Å². The summed E-state index contributed by atoms with van der Waals surface area (Å²) < 4.78 is 13.8. The van der Waals surface area contributed by atoms with Crippen LogP contribution in [0.5, 0.6) is 0 Å². The Bertz CT molecular complexity index is 575. The second-order valence-corrected chi connectivity index (χ2v) is 4.55. The van der Waals surface area contributed by atoms with E-state index in [1.54, 1.807) is 19.1 Å². The number of rotatable bonds is 3. The van der Waals surface area contributed by atoms with Crippen LogP contribution in [-0.4, -0.2) is 27.4 Å². The second kappa shape index (κ2) is 4.89. The third-order valence-electron chi connectivity index (χ3n) is 3.25. The highest BCUT2D eigenvalue weighted by Gasteiger charge is 2.26. The molecular weight excluding hydrogens is 239 g/mol. The Morgan fingerprint density at radius 3 is 2.94 bits per heavy atom. The van der Waals surface area contributed by atoms with Crippen molar-refractivity contribution in [3.8, 4) is 0 Å². The van der Waals surface area contributed by atoms with Crippen LogP contribution in [0.3, 0.4) is 0 Å². The van der Waals surface area contributed by atoms with Gasteiger partial charge in [0.2, 0.25) is 0 Å². The Hall–Kier alpha value is -1.69. The quantitative estimate of drug-likeness (QED) is 0.761. The van der Waals surface area contributed by atoms with Gasteiger partial charge in [0.25, 0.3) is 5.56 Å². The molecule has 3 atom stereocenters. The summed E-state index contributed by atoms with van der Waals surface area (Å²) in [6.45, 7) is 0.808. The van der Waals surface area contributed by atoms with Crippen LogP contribution in [0.1, 0.15) is 18.0 Å². The molecule has 0 bridgehead atoms. The number of aryl methyl sites for hydroxylation is 1. The predicted molar refractivity (Wildman–Crippen MR) is 64.3 cm³/mol. The van der Waals surface area contributed by atoms with E-state index in [0.29, 0.717) is 12.0 Å².